The summed E-state index contributed by atoms with van der Waals surface area (Å²) in [6.07, 6.45) is 3.74. The zero-order chi connectivity index (χ0) is 21.1. The van der Waals surface area contributed by atoms with Gasteiger partial charge < -0.3 is 20.5 Å². The van der Waals surface area contributed by atoms with Crippen molar-refractivity contribution >= 4 is 39.8 Å². The van der Waals surface area contributed by atoms with Crippen LogP contribution in [0.1, 0.15) is 54.4 Å². The van der Waals surface area contributed by atoms with Crippen molar-refractivity contribution in [1.82, 2.24) is 0 Å². The summed E-state index contributed by atoms with van der Waals surface area (Å²) in [7, 11) is 0. The number of aromatic carboxylic acids is 1. The first kappa shape index (κ1) is 19.8. The largest absolute Gasteiger partial charge is 0.545 e. The SMILES string of the molecule is O=C([O-])c1ccc(NC(=O)c2c(NC(=O)c3ccccc3)sc3c2CCCC3)cc1. The Morgan fingerprint density at radius 2 is 1.50 bits per heavy atom. The molecule has 7 heteroatoms. The van der Waals surface area contributed by atoms with Gasteiger partial charge in [-0.1, -0.05) is 30.3 Å². The summed E-state index contributed by atoms with van der Waals surface area (Å²) < 4.78 is 0. The van der Waals surface area contributed by atoms with Gasteiger partial charge in [0.25, 0.3) is 11.8 Å². The molecular weight excluding hydrogens is 400 g/mol. The molecule has 2 amide bonds. The van der Waals surface area contributed by atoms with Crippen molar-refractivity contribution in [2.24, 2.45) is 0 Å². The molecular formula is C23H19N2O4S-. The van der Waals surface area contributed by atoms with Gasteiger partial charge in [0.15, 0.2) is 0 Å². The fourth-order valence-electron chi connectivity index (χ4n) is 3.54. The minimum atomic E-state index is -1.27. The van der Waals surface area contributed by atoms with Crippen molar-refractivity contribution in [3.63, 3.8) is 0 Å². The van der Waals surface area contributed by atoms with Crippen molar-refractivity contribution in [3.05, 3.63) is 81.7 Å². The zero-order valence-electron chi connectivity index (χ0n) is 16.1. The number of carboxylic acid groups (broad SMARTS) is 1. The Morgan fingerprint density at radius 1 is 0.800 bits per heavy atom. The van der Waals surface area contributed by atoms with Crippen molar-refractivity contribution < 1.29 is 19.5 Å². The lowest BCUT2D eigenvalue weighted by molar-refractivity contribution is -0.255. The van der Waals surface area contributed by atoms with Crippen LogP contribution in [0.2, 0.25) is 0 Å². The molecule has 2 N–H and O–H groups in total. The molecule has 0 spiro atoms. The number of carboxylic acids is 1. The number of amides is 2. The number of nitrogens with one attached hydrogen (secondary N) is 2. The Kier molecular flexibility index (Phi) is 5.63. The maximum absolute atomic E-state index is 13.1. The molecule has 1 aliphatic carbocycles. The highest BCUT2D eigenvalue weighted by molar-refractivity contribution is 7.17. The molecule has 0 radical (unpaired) electrons. The Balaban J connectivity index is 1.62. The molecule has 30 heavy (non-hydrogen) atoms. The fraction of sp³-hybridized carbons (Fsp3) is 0.174. The predicted octanol–water partition coefficient (Wildman–Crippen LogP) is 3.50. The molecule has 1 aromatic heterocycles. The van der Waals surface area contributed by atoms with E-state index in [1.807, 2.05) is 6.07 Å². The molecule has 6 nitrogen and oxygen atoms in total. The summed E-state index contributed by atoms with van der Waals surface area (Å²) in [5.74, 6) is -1.86. The number of aryl methyl sites for hydroxylation is 1. The lowest BCUT2D eigenvalue weighted by Gasteiger charge is -2.13. The van der Waals surface area contributed by atoms with Gasteiger partial charge in [0.05, 0.1) is 11.5 Å². The first-order valence-corrected chi connectivity index (χ1v) is 10.5. The molecule has 152 valence electrons. The van der Waals surface area contributed by atoms with Gasteiger partial charge in [0.2, 0.25) is 0 Å². The lowest BCUT2D eigenvalue weighted by atomic mass is 9.95. The number of carbonyl (C=O) groups excluding carboxylic acids is 3. The van der Waals surface area contributed by atoms with Crippen LogP contribution in [0.25, 0.3) is 0 Å². The van der Waals surface area contributed by atoms with E-state index in [0.717, 1.165) is 36.1 Å². The Morgan fingerprint density at radius 3 is 2.20 bits per heavy atom. The van der Waals surface area contributed by atoms with Gasteiger partial charge in [-0.2, -0.15) is 0 Å². The van der Waals surface area contributed by atoms with E-state index in [0.29, 0.717) is 21.8 Å². The van der Waals surface area contributed by atoms with E-state index in [2.05, 4.69) is 10.6 Å². The molecule has 2 aromatic carbocycles. The molecule has 1 heterocycles. The van der Waals surface area contributed by atoms with E-state index in [1.165, 1.54) is 35.6 Å². The third kappa shape index (κ3) is 4.11. The minimum absolute atomic E-state index is 0.0386. The molecule has 0 fully saturated rings. The van der Waals surface area contributed by atoms with E-state index < -0.39 is 5.97 Å². The number of anilines is 2. The molecule has 1 aliphatic rings. The normalized spacial score (nSPS) is 12.7. The molecule has 0 saturated heterocycles. The number of fused-ring (bicyclic) bond motifs is 1. The highest BCUT2D eigenvalue weighted by atomic mass is 32.1. The molecule has 0 bridgehead atoms. The van der Waals surface area contributed by atoms with Crippen LogP contribution in [0.15, 0.2) is 54.6 Å². The average Bonchev–Trinajstić information content (AvgIpc) is 3.12. The van der Waals surface area contributed by atoms with Gasteiger partial charge >= 0.3 is 0 Å². The van der Waals surface area contributed by atoms with E-state index in [-0.39, 0.29) is 17.4 Å². The molecule has 4 rings (SSSR count). The average molecular weight is 419 g/mol. The minimum Gasteiger partial charge on any atom is -0.545 e. The van der Waals surface area contributed by atoms with Crippen LogP contribution in [0, 0.1) is 0 Å². The lowest BCUT2D eigenvalue weighted by Crippen LogP contribution is -2.22. The molecule has 0 saturated carbocycles. The smallest absolute Gasteiger partial charge is 0.258 e. The number of thiophene rings is 1. The summed E-state index contributed by atoms with van der Waals surface area (Å²) in [5, 5.41) is 17.2. The number of benzene rings is 2. The van der Waals surface area contributed by atoms with Crippen LogP contribution in [0.5, 0.6) is 0 Å². The second-order valence-electron chi connectivity index (χ2n) is 7.05. The number of hydrogen-bond donors (Lipinski definition) is 2. The van der Waals surface area contributed by atoms with Crippen LogP contribution >= 0.6 is 11.3 Å². The second kappa shape index (κ2) is 8.51. The highest BCUT2D eigenvalue weighted by Crippen LogP contribution is 2.38. The van der Waals surface area contributed by atoms with Crippen LogP contribution in [0.3, 0.4) is 0 Å². The van der Waals surface area contributed by atoms with E-state index in [1.54, 1.807) is 24.3 Å². The van der Waals surface area contributed by atoms with Crippen molar-refractivity contribution in [2.45, 2.75) is 25.7 Å². The van der Waals surface area contributed by atoms with Gasteiger partial charge in [-0.15, -0.1) is 11.3 Å². The first-order valence-electron chi connectivity index (χ1n) is 9.66. The molecule has 0 unspecified atom stereocenters. The fourth-order valence-corrected chi connectivity index (χ4v) is 4.82. The Hall–Kier alpha value is -3.45. The third-order valence-corrected chi connectivity index (χ3v) is 6.25. The summed E-state index contributed by atoms with van der Waals surface area (Å²) in [6.45, 7) is 0. The van der Waals surface area contributed by atoms with Gasteiger partial charge in [-0.05, 0) is 61.1 Å². The standard InChI is InChI=1S/C23H20N2O4S/c26-20(14-6-2-1-3-7-14)25-22-19(17-8-4-5-9-18(17)30-22)21(27)24-16-12-10-15(11-13-16)23(28)29/h1-3,6-7,10-13H,4-5,8-9H2,(H,24,27)(H,25,26)(H,28,29)/p-1. The molecule has 0 aliphatic heterocycles. The Bertz CT molecular complexity index is 1100. The number of carbonyl (C=O) groups is 3. The van der Waals surface area contributed by atoms with Crippen molar-refractivity contribution in [2.75, 3.05) is 10.6 Å². The quantitative estimate of drug-likeness (QED) is 0.661. The molecule has 3 aromatic rings. The van der Waals surface area contributed by atoms with Gasteiger partial charge in [0.1, 0.15) is 5.00 Å². The van der Waals surface area contributed by atoms with Crippen LogP contribution in [0.4, 0.5) is 10.7 Å². The maximum Gasteiger partial charge on any atom is 0.258 e. The monoisotopic (exact) mass is 419 g/mol. The van der Waals surface area contributed by atoms with E-state index >= 15 is 0 Å². The zero-order valence-corrected chi connectivity index (χ0v) is 16.9. The first-order chi connectivity index (χ1) is 14.5. The second-order valence-corrected chi connectivity index (χ2v) is 8.16. The molecule has 0 atom stereocenters. The Labute approximate surface area is 177 Å². The maximum atomic E-state index is 13.1. The topological polar surface area (TPSA) is 98.3 Å². The van der Waals surface area contributed by atoms with Crippen LogP contribution in [-0.4, -0.2) is 17.8 Å². The summed E-state index contributed by atoms with van der Waals surface area (Å²) in [5.41, 5.74) is 2.51. The highest BCUT2D eigenvalue weighted by Gasteiger charge is 2.26. The van der Waals surface area contributed by atoms with E-state index in [9.17, 15) is 19.5 Å². The van der Waals surface area contributed by atoms with E-state index in [4.69, 9.17) is 0 Å². The number of rotatable bonds is 5. The predicted molar refractivity (Wildman–Crippen MR) is 114 cm³/mol. The summed E-state index contributed by atoms with van der Waals surface area (Å²) in [4.78, 5) is 37.8. The third-order valence-electron chi connectivity index (χ3n) is 5.04. The van der Waals surface area contributed by atoms with Crippen molar-refractivity contribution in [1.29, 1.82) is 0 Å². The van der Waals surface area contributed by atoms with Crippen molar-refractivity contribution in [3.8, 4) is 0 Å². The van der Waals surface area contributed by atoms with Gasteiger partial charge in [-0.3, -0.25) is 9.59 Å². The number of hydrogen-bond acceptors (Lipinski definition) is 5. The summed E-state index contributed by atoms with van der Waals surface area (Å²) >= 11 is 1.45. The van der Waals surface area contributed by atoms with Gasteiger partial charge in [-0.25, -0.2) is 0 Å². The summed E-state index contributed by atoms with van der Waals surface area (Å²) in [6, 6.07) is 14.7. The van der Waals surface area contributed by atoms with Crippen LogP contribution < -0.4 is 15.7 Å². The van der Waals surface area contributed by atoms with Crippen LogP contribution in [-0.2, 0) is 12.8 Å². The van der Waals surface area contributed by atoms with Gasteiger partial charge in [0, 0.05) is 16.1 Å².